The molecule has 4 aliphatic carbocycles. The van der Waals surface area contributed by atoms with Gasteiger partial charge in [-0.3, -0.25) is 4.90 Å². The van der Waals surface area contributed by atoms with Crippen LogP contribution < -0.4 is 5.32 Å². The van der Waals surface area contributed by atoms with E-state index in [-0.39, 0.29) is 0 Å². The monoisotopic (exact) mass is 276 g/mol. The number of hydrogen-bond acceptors (Lipinski definition) is 2. The van der Waals surface area contributed by atoms with Gasteiger partial charge in [0.25, 0.3) is 0 Å². The molecule has 1 saturated heterocycles. The molecule has 20 heavy (non-hydrogen) atoms. The molecular formula is C18H32N2. The minimum Gasteiger partial charge on any atom is -0.311 e. The lowest BCUT2D eigenvalue weighted by molar-refractivity contribution is -0.165. The lowest BCUT2D eigenvalue weighted by atomic mass is 9.42. The highest BCUT2D eigenvalue weighted by molar-refractivity contribution is 5.15. The van der Waals surface area contributed by atoms with Gasteiger partial charge < -0.3 is 5.32 Å². The van der Waals surface area contributed by atoms with E-state index in [0.717, 1.165) is 12.0 Å². The standard InChI is InChI=1S/C18H32N2/c1-4-15-10-20(6-5-19-15)18-9-14-7-16(2,12-18)11-17(3,8-14)13-18/h14-15,19H,4-13H2,1-3H3. The van der Waals surface area contributed by atoms with Crippen LogP contribution >= 0.6 is 0 Å². The molecule has 3 unspecified atom stereocenters. The van der Waals surface area contributed by atoms with E-state index in [1.165, 1.54) is 64.6 Å². The molecule has 4 bridgehead atoms. The predicted octanol–water partition coefficient (Wildman–Crippen LogP) is 3.42. The van der Waals surface area contributed by atoms with Gasteiger partial charge in [-0.25, -0.2) is 0 Å². The number of nitrogens with one attached hydrogen (secondary N) is 1. The number of nitrogens with zero attached hydrogens (tertiary/aromatic N) is 1. The SMILES string of the molecule is CCC1CN(C23CC4CC(C)(CC(C)(C4)C2)C3)CCN1. The second-order valence-corrected chi connectivity index (χ2v) is 9.36. The third-order valence-electron chi connectivity index (χ3n) is 7.02. The van der Waals surface area contributed by atoms with Gasteiger partial charge in [0.15, 0.2) is 0 Å². The molecule has 0 aromatic heterocycles. The average molecular weight is 276 g/mol. The fourth-order valence-corrected chi connectivity index (χ4v) is 7.27. The summed E-state index contributed by atoms with van der Waals surface area (Å²) in [6.45, 7) is 11.3. The van der Waals surface area contributed by atoms with E-state index in [4.69, 9.17) is 0 Å². The Balaban J connectivity index is 1.63. The van der Waals surface area contributed by atoms with Crippen molar-refractivity contribution in [1.29, 1.82) is 0 Å². The summed E-state index contributed by atoms with van der Waals surface area (Å²) in [7, 11) is 0. The first-order valence-electron chi connectivity index (χ1n) is 8.93. The third kappa shape index (κ3) is 1.98. The summed E-state index contributed by atoms with van der Waals surface area (Å²) in [5.74, 6) is 1.02. The molecular weight excluding hydrogens is 244 g/mol. The van der Waals surface area contributed by atoms with Gasteiger partial charge in [0.05, 0.1) is 0 Å². The lowest BCUT2D eigenvalue weighted by Crippen LogP contribution is -2.68. The second kappa shape index (κ2) is 4.23. The van der Waals surface area contributed by atoms with E-state index in [9.17, 15) is 0 Å². The Kier molecular flexibility index (Phi) is 2.87. The van der Waals surface area contributed by atoms with Crippen molar-refractivity contribution in [3.63, 3.8) is 0 Å². The van der Waals surface area contributed by atoms with Crippen LogP contribution in [0.25, 0.3) is 0 Å². The molecule has 2 heteroatoms. The quantitative estimate of drug-likeness (QED) is 0.831. The summed E-state index contributed by atoms with van der Waals surface area (Å²) in [6.07, 6.45) is 10.3. The lowest BCUT2D eigenvalue weighted by Gasteiger charge is -2.68. The predicted molar refractivity (Wildman–Crippen MR) is 83.8 cm³/mol. The van der Waals surface area contributed by atoms with E-state index < -0.39 is 0 Å². The first-order valence-corrected chi connectivity index (χ1v) is 8.93. The summed E-state index contributed by atoms with van der Waals surface area (Å²) in [4.78, 5) is 2.93. The molecule has 0 aromatic rings. The van der Waals surface area contributed by atoms with Crippen molar-refractivity contribution >= 4 is 0 Å². The Labute approximate surface area is 124 Å². The zero-order valence-electron chi connectivity index (χ0n) is 13.7. The minimum atomic E-state index is 0.568. The Morgan fingerprint density at radius 3 is 2.35 bits per heavy atom. The first-order chi connectivity index (χ1) is 9.44. The van der Waals surface area contributed by atoms with Gasteiger partial charge in [-0.15, -0.1) is 0 Å². The maximum atomic E-state index is 3.71. The Hall–Kier alpha value is -0.0800. The van der Waals surface area contributed by atoms with Crippen LogP contribution in [0.15, 0.2) is 0 Å². The minimum absolute atomic E-state index is 0.568. The highest BCUT2D eigenvalue weighted by Gasteiger charge is 2.61. The summed E-state index contributed by atoms with van der Waals surface area (Å²) >= 11 is 0. The number of piperazine rings is 1. The smallest absolute Gasteiger partial charge is 0.0223 e. The van der Waals surface area contributed by atoms with Crippen LogP contribution in [0.2, 0.25) is 0 Å². The molecule has 0 aromatic carbocycles. The second-order valence-electron chi connectivity index (χ2n) is 9.36. The van der Waals surface area contributed by atoms with Gasteiger partial charge in [0.2, 0.25) is 0 Å². The van der Waals surface area contributed by atoms with E-state index in [1.54, 1.807) is 0 Å². The van der Waals surface area contributed by atoms with E-state index >= 15 is 0 Å². The van der Waals surface area contributed by atoms with Crippen molar-refractivity contribution in [2.75, 3.05) is 19.6 Å². The molecule has 5 rings (SSSR count). The van der Waals surface area contributed by atoms with E-state index in [0.29, 0.717) is 16.4 Å². The summed E-state index contributed by atoms with van der Waals surface area (Å²) in [5, 5.41) is 3.71. The van der Waals surface area contributed by atoms with Crippen LogP contribution in [0, 0.1) is 16.7 Å². The van der Waals surface area contributed by atoms with Gasteiger partial charge in [-0.05, 0) is 61.7 Å². The van der Waals surface area contributed by atoms with Gasteiger partial charge in [-0.1, -0.05) is 20.8 Å². The summed E-state index contributed by atoms with van der Waals surface area (Å²) < 4.78 is 0. The molecule has 114 valence electrons. The normalized spacial score (nSPS) is 55.4. The molecule has 2 nitrogen and oxygen atoms in total. The van der Waals surface area contributed by atoms with Crippen LogP contribution in [0.5, 0.6) is 0 Å². The Bertz CT molecular complexity index is 386. The van der Waals surface area contributed by atoms with Crippen LogP contribution in [-0.2, 0) is 0 Å². The molecule has 3 atom stereocenters. The van der Waals surface area contributed by atoms with Gasteiger partial charge in [0.1, 0.15) is 0 Å². The van der Waals surface area contributed by atoms with Crippen molar-refractivity contribution in [2.45, 2.75) is 77.3 Å². The Morgan fingerprint density at radius 1 is 1.05 bits per heavy atom. The van der Waals surface area contributed by atoms with Crippen molar-refractivity contribution in [2.24, 2.45) is 16.7 Å². The number of hydrogen-bond donors (Lipinski definition) is 1. The van der Waals surface area contributed by atoms with Crippen LogP contribution in [0.3, 0.4) is 0 Å². The highest BCUT2D eigenvalue weighted by atomic mass is 15.3. The summed E-state index contributed by atoms with van der Waals surface area (Å²) in [6, 6.07) is 0.734. The van der Waals surface area contributed by atoms with Crippen molar-refractivity contribution < 1.29 is 0 Å². The topological polar surface area (TPSA) is 15.3 Å². The number of rotatable bonds is 2. The van der Waals surface area contributed by atoms with Gasteiger partial charge >= 0.3 is 0 Å². The molecule has 1 aliphatic heterocycles. The molecule has 5 fully saturated rings. The van der Waals surface area contributed by atoms with Gasteiger partial charge in [0, 0.05) is 31.2 Å². The van der Waals surface area contributed by atoms with Crippen molar-refractivity contribution in [1.82, 2.24) is 10.2 Å². The molecule has 0 radical (unpaired) electrons. The molecule has 5 aliphatic rings. The van der Waals surface area contributed by atoms with E-state index in [2.05, 4.69) is 31.0 Å². The highest BCUT2D eigenvalue weighted by Crippen LogP contribution is 2.67. The fraction of sp³-hybridized carbons (Fsp3) is 1.00. The fourth-order valence-electron chi connectivity index (χ4n) is 7.27. The first kappa shape index (κ1) is 13.6. The Morgan fingerprint density at radius 2 is 1.75 bits per heavy atom. The van der Waals surface area contributed by atoms with Crippen LogP contribution in [0.1, 0.15) is 65.7 Å². The largest absolute Gasteiger partial charge is 0.311 e. The van der Waals surface area contributed by atoms with Crippen LogP contribution in [0.4, 0.5) is 0 Å². The average Bonchev–Trinajstić information content (AvgIpc) is 2.34. The molecule has 1 N–H and O–H groups in total. The zero-order chi connectivity index (χ0) is 14.0. The molecule has 0 amide bonds. The maximum absolute atomic E-state index is 3.71. The van der Waals surface area contributed by atoms with Crippen LogP contribution in [-0.4, -0.2) is 36.1 Å². The maximum Gasteiger partial charge on any atom is 0.0223 e. The summed E-state index contributed by atoms with van der Waals surface area (Å²) in [5.41, 5.74) is 1.87. The molecule has 4 saturated carbocycles. The van der Waals surface area contributed by atoms with Crippen molar-refractivity contribution in [3.05, 3.63) is 0 Å². The molecule has 1 heterocycles. The van der Waals surface area contributed by atoms with E-state index in [1.807, 2.05) is 0 Å². The molecule has 0 spiro atoms. The zero-order valence-corrected chi connectivity index (χ0v) is 13.7. The third-order valence-corrected chi connectivity index (χ3v) is 7.02. The van der Waals surface area contributed by atoms with Gasteiger partial charge in [-0.2, -0.15) is 0 Å². The van der Waals surface area contributed by atoms with Crippen molar-refractivity contribution in [3.8, 4) is 0 Å².